The fourth-order valence-corrected chi connectivity index (χ4v) is 7.43. The van der Waals surface area contributed by atoms with E-state index in [4.69, 9.17) is 25.4 Å². The van der Waals surface area contributed by atoms with E-state index in [-0.39, 0.29) is 25.8 Å². The predicted octanol–water partition coefficient (Wildman–Crippen LogP) is 9.92. The summed E-state index contributed by atoms with van der Waals surface area (Å²) in [6, 6.07) is 24.7. The Morgan fingerprint density at radius 3 is 2.43 bits per heavy atom. The molecule has 1 atom stereocenters. The fourth-order valence-electron chi connectivity index (χ4n) is 7.43. The van der Waals surface area contributed by atoms with Gasteiger partial charge in [-0.1, -0.05) is 99.6 Å². The van der Waals surface area contributed by atoms with Gasteiger partial charge in [0, 0.05) is 55.1 Å². The second kappa shape index (κ2) is 26.3. The van der Waals surface area contributed by atoms with Crippen LogP contribution in [0.1, 0.15) is 114 Å². The highest BCUT2D eigenvalue weighted by Crippen LogP contribution is 2.29. The minimum atomic E-state index is -0.457. The number of nitrogens with zero attached hydrogens (tertiary/aromatic N) is 1. The van der Waals surface area contributed by atoms with Crippen molar-refractivity contribution >= 4 is 29.5 Å². The lowest BCUT2D eigenvalue weighted by atomic mass is 9.98. The number of allylic oxidation sites excluding steroid dienone is 2. The van der Waals surface area contributed by atoms with E-state index < -0.39 is 5.97 Å². The summed E-state index contributed by atoms with van der Waals surface area (Å²) in [6.45, 7) is 4.87. The molecule has 0 spiro atoms. The molecule has 1 unspecified atom stereocenters. The van der Waals surface area contributed by atoms with Crippen molar-refractivity contribution in [2.24, 2.45) is 5.92 Å². The Morgan fingerprint density at radius 2 is 1.64 bits per heavy atom. The maximum absolute atomic E-state index is 12.1. The monoisotopic (exact) mass is 767 g/mol. The van der Waals surface area contributed by atoms with Crippen LogP contribution in [0.5, 0.6) is 5.75 Å². The molecule has 1 heterocycles. The normalized spacial score (nSPS) is 15.8. The number of aryl methyl sites for hydroxylation is 1. The zero-order chi connectivity index (χ0) is 39.6. The maximum Gasteiger partial charge on any atom is 0.344 e. The molecule has 5 rings (SSSR count). The van der Waals surface area contributed by atoms with E-state index in [0.29, 0.717) is 35.9 Å². The average Bonchev–Trinajstić information content (AvgIpc) is 3.74. The van der Waals surface area contributed by atoms with Crippen molar-refractivity contribution in [1.29, 1.82) is 5.41 Å². The summed E-state index contributed by atoms with van der Waals surface area (Å²) in [5, 5.41) is 11.1. The summed E-state index contributed by atoms with van der Waals surface area (Å²) >= 11 is 0. The zero-order valence-corrected chi connectivity index (χ0v) is 33.7. The lowest BCUT2D eigenvalue weighted by Gasteiger charge is -2.33. The van der Waals surface area contributed by atoms with Crippen LogP contribution in [0.2, 0.25) is 0 Å². The molecule has 3 aromatic carbocycles. The van der Waals surface area contributed by atoms with E-state index in [0.717, 1.165) is 62.5 Å². The van der Waals surface area contributed by atoms with Crippen LogP contribution in [0.4, 0.5) is 11.4 Å². The topological polar surface area (TPSA) is 127 Å². The van der Waals surface area contributed by atoms with Gasteiger partial charge in [0.25, 0.3) is 0 Å². The first kappa shape index (κ1) is 44.1. The van der Waals surface area contributed by atoms with Crippen LogP contribution in [0, 0.1) is 11.3 Å². The number of nitrogen functional groups attached to an aromatic ring is 1. The molecule has 1 saturated carbocycles. The number of unbranched alkanes of at least 4 members (excludes halogenated alkanes) is 3. The number of likely N-dealkylation sites (tertiary alicyclic amines) is 1. The first-order chi connectivity index (χ1) is 27.4. The summed E-state index contributed by atoms with van der Waals surface area (Å²) < 4.78 is 16.0. The Bertz CT molecular complexity index is 1610. The number of nitrogens with one attached hydrogen (secondary N) is 2. The van der Waals surface area contributed by atoms with Gasteiger partial charge in [-0.15, -0.1) is 0 Å². The Morgan fingerprint density at radius 1 is 0.857 bits per heavy atom. The fraction of sp³-hybridized carbons (Fsp3) is 0.511. The Labute approximate surface area is 335 Å². The summed E-state index contributed by atoms with van der Waals surface area (Å²) in [7, 11) is 0. The number of rotatable bonds is 22. The van der Waals surface area contributed by atoms with Crippen LogP contribution in [-0.4, -0.2) is 62.0 Å². The van der Waals surface area contributed by atoms with Gasteiger partial charge in [-0.2, -0.15) is 0 Å². The van der Waals surface area contributed by atoms with E-state index in [1.165, 1.54) is 69.6 Å². The summed E-state index contributed by atoms with van der Waals surface area (Å²) in [4.78, 5) is 26.1. The second-order valence-corrected chi connectivity index (χ2v) is 15.1. The van der Waals surface area contributed by atoms with Crippen LogP contribution >= 0.6 is 0 Å². The molecule has 0 radical (unpaired) electrons. The van der Waals surface area contributed by atoms with E-state index in [2.05, 4.69) is 46.6 Å². The highest BCUT2D eigenvalue weighted by Gasteiger charge is 2.20. The molecule has 0 bridgehead atoms. The van der Waals surface area contributed by atoms with Crippen molar-refractivity contribution in [3.63, 3.8) is 0 Å². The van der Waals surface area contributed by atoms with Gasteiger partial charge < -0.3 is 30.7 Å². The number of piperidine rings is 1. The van der Waals surface area contributed by atoms with E-state index >= 15 is 0 Å². The second-order valence-electron chi connectivity index (χ2n) is 15.1. The summed E-state index contributed by atoms with van der Waals surface area (Å²) in [5.74, 6) is 1.02. The van der Waals surface area contributed by atoms with Gasteiger partial charge >= 0.3 is 11.9 Å². The van der Waals surface area contributed by atoms with E-state index in [1.54, 1.807) is 0 Å². The molecule has 1 saturated heterocycles. The molecule has 3 aromatic rings. The smallest absolute Gasteiger partial charge is 0.344 e. The summed E-state index contributed by atoms with van der Waals surface area (Å²) in [5.41, 5.74) is 10.8. The van der Waals surface area contributed by atoms with Gasteiger partial charge in [-0.05, 0) is 99.4 Å². The molecule has 56 heavy (non-hydrogen) atoms. The van der Waals surface area contributed by atoms with Crippen LogP contribution in [-0.2, 0) is 32.0 Å². The molecular formula is C47H66N4O5. The molecule has 2 fully saturated rings. The molecule has 0 amide bonds. The third-order valence-electron chi connectivity index (χ3n) is 10.5. The van der Waals surface area contributed by atoms with E-state index in [9.17, 15) is 9.59 Å². The lowest BCUT2D eigenvalue weighted by molar-refractivity contribution is -0.147. The minimum absolute atomic E-state index is 0.177. The molecule has 0 aromatic heterocycles. The van der Waals surface area contributed by atoms with Gasteiger partial charge in [0.1, 0.15) is 5.75 Å². The Balaban J connectivity index is 0.000000360. The van der Waals surface area contributed by atoms with Crippen molar-refractivity contribution in [2.75, 3.05) is 44.0 Å². The zero-order valence-electron chi connectivity index (χ0n) is 33.7. The number of esters is 2. The summed E-state index contributed by atoms with van der Waals surface area (Å²) in [6.07, 6.45) is 22.9. The van der Waals surface area contributed by atoms with Gasteiger partial charge in [0.2, 0.25) is 0 Å². The highest BCUT2D eigenvalue weighted by molar-refractivity contribution is 5.86. The van der Waals surface area contributed by atoms with Gasteiger partial charge in [-0.3, -0.25) is 9.69 Å². The largest absolute Gasteiger partial charge is 0.482 e. The first-order valence-corrected chi connectivity index (χ1v) is 21.0. The SMILES string of the molecule is C/C=C\CCCC(=O)OCCCOC(=O)COc1cccc(CN2CCCC(Nc3ccc(N)c(C=N)c3)C2)c1.c1ccc(CCCCCC2CCCC2)cc1. The van der Waals surface area contributed by atoms with Crippen molar-refractivity contribution in [3.8, 4) is 5.75 Å². The molecule has 9 heteroatoms. The third kappa shape index (κ3) is 17.9. The molecule has 1 aliphatic carbocycles. The van der Waals surface area contributed by atoms with Crippen LogP contribution in [0.25, 0.3) is 0 Å². The average molecular weight is 767 g/mol. The predicted molar refractivity (Wildman–Crippen MR) is 228 cm³/mol. The van der Waals surface area contributed by atoms with Gasteiger partial charge in [0.05, 0.1) is 13.2 Å². The molecule has 304 valence electrons. The number of hydrogen-bond donors (Lipinski definition) is 3. The van der Waals surface area contributed by atoms with Crippen molar-refractivity contribution in [3.05, 3.63) is 102 Å². The molecule has 9 nitrogen and oxygen atoms in total. The molecular weight excluding hydrogens is 701 g/mol. The number of ether oxygens (including phenoxy) is 3. The number of carbonyl (C=O) groups is 2. The van der Waals surface area contributed by atoms with Crippen LogP contribution in [0.15, 0.2) is 84.9 Å². The Hall–Kier alpha value is -4.63. The number of carbonyl (C=O) groups excluding carboxylic acids is 2. The van der Waals surface area contributed by atoms with Crippen LogP contribution < -0.4 is 15.8 Å². The molecule has 4 N–H and O–H groups in total. The number of benzene rings is 3. The minimum Gasteiger partial charge on any atom is -0.482 e. The quantitative estimate of drug-likeness (QED) is 0.0303. The standard InChI is InChI=1S/C31H42N4O5.C16H24/c1-2-3-4-5-12-30(36)38-16-8-17-39-31(37)23-40-28-11-6-9-24(18-28)21-35-15-7-10-27(22-35)34-26-13-14-29(33)25(19-26)20-32;1-3-9-15(10-4-1)11-5-2-6-12-16-13-7-8-14-16/h2-3,6,9,11,13-14,18-20,27,32,34H,4-5,7-8,10,12,15-17,21-23,33H2,1H3;1,3-4,9-10,16H,2,5-8,11-14H2/b3-2-,32-20?;. The Kier molecular flexibility index (Phi) is 20.7. The number of hydrogen-bond acceptors (Lipinski definition) is 9. The van der Waals surface area contributed by atoms with Crippen molar-refractivity contribution in [2.45, 2.75) is 116 Å². The lowest BCUT2D eigenvalue weighted by Crippen LogP contribution is -2.41. The van der Waals surface area contributed by atoms with Gasteiger partial charge in [-0.25, -0.2) is 4.79 Å². The van der Waals surface area contributed by atoms with E-state index in [1.807, 2.05) is 55.5 Å². The van der Waals surface area contributed by atoms with Crippen molar-refractivity contribution < 1.29 is 23.8 Å². The number of nitrogens with two attached hydrogens (primary N) is 1. The van der Waals surface area contributed by atoms with Crippen molar-refractivity contribution in [1.82, 2.24) is 4.90 Å². The number of anilines is 2. The third-order valence-corrected chi connectivity index (χ3v) is 10.5. The maximum atomic E-state index is 12.1. The molecule has 2 aliphatic rings. The van der Waals surface area contributed by atoms with Gasteiger partial charge in [0.15, 0.2) is 6.61 Å². The first-order valence-electron chi connectivity index (χ1n) is 21.0. The molecule has 1 aliphatic heterocycles. The highest BCUT2D eigenvalue weighted by atomic mass is 16.6. The van der Waals surface area contributed by atoms with Crippen LogP contribution in [0.3, 0.4) is 0 Å².